The first-order valence-corrected chi connectivity index (χ1v) is 8.99. The van der Waals surface area contributed by atoms with Gasteiger partial charge in [-0.05, 0) is 35.4 Å². The predicted molar refractivity (Wildman–Crippen MR) is 102 cm³/mol. The van der Waals surface area contributed by atoms with E-state index in [0.717, 1.165) is 55.2 Å². The maximum absolute atomic E-state index is 12.8. The average molecular weight is 346 g/mol. The fourth-order valence-electron chi connectivity index (χ4n) is 3.35. The molecule has 132 valence electrons. The molecule has 1 fully saturated rings. The van der Waals surface area contributed by atoms with Crippen LogP contribution < -0.4 is 0 Å². The summed E-state index contributed by atoms with van der Waals surface area (Å²) in [5, 5.41) is 0. The van der Waals surface area contributed by atoms with Crippen LogP contribution in [0.4, 0.5) is 0 Å². The Morgan fingerprint density at radius 3 is 2.15 bits per heavy atom. The smallest absolute Gasteiger partial charge is 0.253 e. The fraction of sp³-hybridized carbons (Fsp3) is 0.227. The summed E-state index contributed by atoms with van der Waals surface area (Å²) in [7, 11) is 0. The van der Waals surface area contributed by atoms with Crippen molar-refractivity contribution in [2.45, 2.75) is 6.54 Å². The van der Waals surface area contributed by atoms with Gasteiger partial charge >= 0.3 is 0 Å². The highest BCUT2D eigenvalue weighted by Crippen LogP contribution is 2.20. The molecule has 4 rings (SSSR count). The summed E-state index contributed by atoms with van der Waals surface area (Å²) in [6.45, 7) is 4.05. The summed E-state index contributed by atoms with van der Waals surface area (Å²) in [6.07, 6.45) is 1.70. The molecule has 1 amide bonds. The Morgan fingerprint density at radius 2 is 1.50 bits per heavy atom. The SMILES string of the molecule is O=C(c1ccc(-c2ccccc2)cc1)N1CCN(Cc2ccco2)CC1. The zero-order chi connectivity index (χ0) is 17.8. The van der Waals surface area contributed by atoms with Crippen LogP contribution in [-0.4, -0.2) is 41.9 Å². The van der Waals surface area contributed by atoms with E-state index in [1.54, 1.807) is 6.26 Å². The number of nitrogens with zero attached hydrogens (tertiary/aromatic N) is 2. The summed E-state index contributed by atoms with van der Waals surface area (Å²) in [6, 6.07) is 22.0. The van der Waals surface area contributed by atoms with Gasteiger partial charge in [0.05, 0.1) is 12.8 Å². The first-order chi connectivity index (χ1) is 12.8. The first-order valence-electron chi connectivity index (χ1n) is 8.99. The fourth-order valence-corrected chi connectivity index (χ4v) is 3.35. The summed E-state index contributed by atoms with van der Waals surface area (Å²) < 4.78 is 5.41. The molecule has 0 radical (unpaired) electrons. The monoisotopic (exact) mass is 346 g/mol. The van der Waals surface area contributed by atoms with E-state index in [-0.39, 0.29) is 5.91 Å². The third-order valence-electron chi connectivity index (χ3n) is 4.86. The molecule has 0 aliphatic carbocycles. The predicted octanol–water partition coefficient (Wildman–Crippen LogP) is 3.90. The lowest BCUT2D eigenvalue weighted by molar-refractivity contribution is 0.0620. The molecule has 1 saturated heterocycles. The molecule has 0 N–H and O–H groups in total. The van der Waals surface area contributed by atoms with Gasteiger partial charge in [0.2, 0.25) is 0 Å². The van der Waals surface area contributed by atoms with E-state index >= 15 is 0 Å². The molecule has 4 nitrogen and oxygen atoms in total. The molecule has 1 aliphatic heterocycles. The number of benzene rings is 2. The maximum Gasteiger partial charge on any atom is 0.253 e. The molecule has 3 aromatic rings. The number of piperazine rings is 1. The number of hydrogen-bond donors (Lipinski definition) is 0. The molecule has 2 heterocycles. The number of rotatable bonds is 4. The highest BCUT2D eigenvalue weighted by atomic mass is 16.3. The van der Waals surface area contributed by atoms with Crippen molar-refractivity contribution in [3.05, 3.63) is 84.3 Å². The molecule has 0 saturated carbocycles. The summed E-state index contributed by atoms with van der Waals surface area (Å²) in [5.41, 5.74) is 3.05. The van der Waals surface area contributed by atoms with Crippen molar-refractivity contribution in [1.29, 1.82) is 0 Å². The zero-order valence-electron chi connectivity index (χ0n) is 14.7. The molecule has 0 atom stereocenters. The standard InChI is InChI=1S/C22H22N2O2/c25-22(20-10-8-19(9-11-20)18-5-2-1-3-6-18)24-14-12-23(13-15-24)17-21-7-4-16-26-21/h1-11,16H,12-15,17H2. The lowest BCUT2D eigenvalue weighted by Crippen LogP contribution is -2.48. The van der Waals surface area contributed by atoms with E-state index in [9.17, 15) is 4.79 Å². The third-order valence-corrected chi connectivity index (χ3v) is 4.86. The van der Waals surface area contributed by atoms with Gasteiger partial charge in [-0.2, -0.15) is 0 Å². The number of carbonyl (C=O) groups excluding carboxylic acids is 1. The van der Waals surface area contributed by atoms with Crippen LogP contribution >= 0.6 is 0 Å². The van der Waals surface area contributed by atoms with Crippen molar-refractivity contribution in [2.24, 2.45) is 0 Å². The van der Waals surface area contributed by atoms with Gasteiger partial charge in [0, 0.05) is 31.7 Å². The van der Waals surface area contributed by atoms with Crippen LogP contribution in [0.1, 0.15) is 16.1 Å². The Kier molecular flexibility index (Phi) is 4.84. The molecular weight excluding hydrogens is 324 g/mol. The molecule has 1 aliphatic rings. The second-order valence-electron chi connectivity index (χ2n) is 6.59. The molecule has 0 bridgehead atoms. The zero-order valence-corrected chi connectivity index (χ0v) is 14.7. The number of furan rings is 1. The maximum atomic E-state index is 12.8. The minimum atomic E-state index is 0.113. The van der Waals surface area contributed by atoms with Gasteiger partial charge in [0.15, 0.2) is 0 Å². The lowest BCUT2D eigenvalue weighted by Gasteiger charge is -2.34. The third kappa shape index (κ3) is 3.70. The molecular formula is C22H22N2O2. The first kappa shape index (κ1) is 16.6. The topological polar surface area (TPSA) is 36.7 Å². The normalized spacial score (nSPS) is 15.2. The molecule has 4 heteroatoms. The second kappa shape index (κ2) is 7.58. The van der Waals surface area contributed by atoms with E-state index in [1.807, 2.05) is 59.5 Å². The van der Waals surface area contributed by atoms with Gasteiger partial charge in [-0.25, -0.2) is 0 Å². The molecule has 0 unspecified atom stereocenters. The van der Waals surface area contributed by atoms with E-state index in [0.29, 0.717) is 0 Å². The van der Waals surface area contributed by atoms with Crippen molar-refractivity contribution >= 4 is 5.91 Å². The van der Waals surface area contributed by atoms with Gasteiger partial charge in [0.1, 0.15) is 5.76 Å². The van der Waals surface area contributed by atoms with E-state index in [4.69, 9.17) is 4.42 Å². The van der Waals surface area contributed by atoms with Gasteiger partial charge in [0.25, 0.3) is 5.91 Å². The Labute approximate surface area is 153 Å². The Morgan fingerprint density at radius 1 is 0.808 bits per heavy atom. The Balaban J connectivity index is 1.36. The van der Waals surface area contributed by atoms with E-state index in [2.05, 4.69) is 17.0 Å². The van der Waals surface area contributed by atoms with Crippen LogP contribution in [0, 0.1) is 0 Å². The van der Waals surface area contributed by atoms with Crippen molar-refractivity contribution in [1.82, 2.24) is 9.80 Å². The molecule has 26 heavy (non-hydrogen) atoms. The average Bonchev–Trinajstić information content (AvgIpc) is 3.22. The number of amides is 1. The van der Waals surface area contributed by atoms with Gasteiger partial charge in [-0.1, -0.05) is 42.5 Å². The van der Waals surface area contributed by atoms with Crippen molar-refractivity contribution in [3.8, 4) is 11.1 Å². The quantitative estimate of drug-likeness (QED) is 0.719. The minimum Gasteiger partial charge on any atom is -0.468 e. The second-order valence-corrected chi connectivity index (χ2v) is 6.59. The molecule has 0 spiro atoms. The Bertz CT molecular complexity index is 834. The van der Waals surface area contributed by atoms with Crippen molar-refractivity contribution in [3.63, 3.8) is 0 Å². The summed E-state index contributed by atoms with van der Waals surface area (Å²) >= 11 is 0. The van der Waals surface area contributed by atoms with Crippen LogP contribution in [0.3, 0.4) is 0 Å². The van der Waals surface area contributed by atoms with Crippen LogP contribution in [0.2, 0.25) is 0 Å². The van der Waals surface area contributed by atoms with Gasteiger partial charge < -0.3 is 9.32 Å². The summed E-state index contributed by atoms with van der Waals surface area (Å²) in [5.74, 6) is 1.09. The molecule has 1 aromatic heterocycles. The highest BCUT2D eigenvalue weighted by molar-refractivity contribution is 5.94. The number of carbonyl (C=O) groups is 1. The van der Waals surface area contributed by atoms with Crippen molar-refractivity contribution < 1.29 is 9.21 Å². The highest BCUT2D eigenvalue weighted by Gasteiger charge is 2.22. The van der Waals surface area contributed by atoms with Crippen LogP contribution in [0.25, 0.3) is 11.1 Å². The van der Waals surface area contributed by atoms with E-state index < -0.39 is 0 Å². The van der Waals surface area contributed by atoms with Crippen molar-refractivity contribution in [2.75, 3.05) is 26.2 Å². The van der Waals surface area contributed by atoms with Crippen LogP contribution in [0.5, 0.6) is 0 Å². The minimum absolute atomic E-state index is 0.113. The largest absolute Gasteiger partial charge is 0.468 e. The number of hydrogen-bond acceptors (Lipinski definition) is 3. The van der Waals surface area contributed by atoms with Crippen LogP contribution in [0.15, 0.2) is 77.4 Å². The Hall–Kier alpha value is -2.85. The van der Waals surface area contributed by atoms with E-state index in [1.165, 1.54) is 0 Å². The summed E-state index contributed by atoms with van der Waals surface area (Å²) in [4.78, 5) is 17.0. The lowest BCUT2D eigenvalue weighted by atomic mass is 10.0. The van der Waals surface area contributed by atoms with Gasteiger partial charge in [-0.3, -0.25) is 9.69 Å². The van der Waals surface area contributed by atoms with Crippen LogP contribution in [-0.2, 0) is 6.54 Å². The van der Waals surface area contributed by atoms with Gasteiger partial charge in [-0.15, -0.1) is 0 Å². The molecule has 2 aromatic carbocycles.